The molecule has 2 fully saturated rings. The lowest BCUT2D eigenvalue weighted by Crippen LogP contribution is -2.22. The zero-order chi connectivity index (χ0) is 11.1. The van der Waals surface area contributed by atoms with Crippen LogP contribution in [0.3, 0.4) is 0 Å². The van der Waals surface area contributed by atoms with Gasteiger partial charge in [-0.15, -0.1) is 0 Å². The minimum Gasteiger partial charge on any atom is -0.389 e. The van der Waals surface area contributed by atoms with E-state index in [1.54, 1.807) is 0 Å². The minimum absolute atomic E-state index is 0.553. The summed E-state index contributed by atoms with van der Waals surface area (Å²) in [5.41, 5.74) is 1.18. The first-order valence-electron chi connectivity index (χ1n) is 5.83. The van der Waals surface area contributed by atoms with Crippen LogP contribution < -0.4 is 0 Å². The zero-order valence-electron chi connectivity index (χ0n) is 9.16. The molecule has 5 nitrogen and oxygen atoms in total. The van der Waals surface area contributed by atoms with Crippen LogP contribution >= 0.6 is 0 Å². The monoisotopic (exact) mass is 223 g/mol. The van der Waals surface area contributed by atoms with E-state index < -0.39 is 12.2 Å². The van der Waals surface area contributed by atoms with Gasteiger partial charge in [0.2, 0.25) is 0 Å². The highest BCUT2D eigenvalue weighted by atomic mass is 16.3. The van der Waals surface area contributed by atoms with E-state index in [-0.39, 0.29) is 0 Å². The van der Waals surface area contributed by atoms with Crippen molar-refractivity contribution < 1.29 is 10.2 Å². The number of aromatic nitrogens is 2. The Balaban J connectivity index is 1.67. The van der Waals surface area contributed by atoms with E-state index in [2.05, 4.69) is 14.5 Å². The van der Waals surface area contributed by atoms with Gasteiger partial charge >= 0.3 is 0 Å². The first kappa shape index (κ1) is 10.3. The lowest BCUT2D eigenvalue weighted by Gasteiger charge is -2.15. The van der Waals surface area contributed by atoms with Gasteiger partial charge in [-0.05, 0) is 12.8 Å². The molecule has 1 saturated carbocycles. The third-order valence-electron chi connectivity index (χ3n) is 3.41. The topological polar surface area (TPSA) is 61.5 Å². The Labute approximate surface area is 94.3 Å². The highest BCUT2D eigenvalue weighted by Crippen LogP contribution is 2.35. The van der Waals surface area contributed by atoms with Crippen molar-refractivity contribution in [3.8, 4) is 0 Å². The largest absolute Gasteiger partial charge is 0.389 e. The molecule has 88 valence electrons. The van der Waals surface area contributed by atoms with Gasteiger partial charge < -0.3 is 14.8 Å². The van der Waals surface area contributed by atoms with Crippen molar-refractivity contribution in [1.82, 2.24) is 14.5 Å². The fourth-order valence-corrected chi connectivity index (χ4v) is 2.34. The third-order valence-corrected chi connectivity index (χ3v) is 3.41. The number of aliphatic hydroxyl groups is 2. The van der Waals surface area contributed by atoms with Crippen LogP contribution in [0.4, 0.5) is 0 Å². The quantitative estimate of drug-likeness (QED) is 0.742. The van der Waals surface area contributed by atoms with E-state index in [9.17, 15) is 10.2 Å². The Morgan fingerprint density at radius 3 is 2.56 bits per heavy atom. The number of β-amino-alcohol motifs (C(OH)–C–C–N with tert-alkyl or cyclic N) is 2. The number of nitrogens with zero attached hydrogens (tertiary/aromatic N) is 3. The SMILES string of the molecule is O[C@@H]1CN(Cc2cncn2C2CC2)C[C@@H]1O. The lowest BCUT2D eigenvalue weighted by atomic mass is 10.3. The summed E-state index contributed by atoms with van der Waals surface area (Å²) in [4.78, 5) is 6.25. The van der Waals surface area contributed by atoms with Crippen molar-refractivity contribution in [3.05, 3.63) is 18.2 Å². The molecule has 0 amide bonds. The second kappa shape index (κ2) is 3.84. The summed E-state index contributed by atoms with van der Waals surface area (Å²) < 4.78 is 2.22. The van der Waals surface area contributed by atoms with E-state index in [0.29, 0.717) is 19.1 Å². The molecule has 16 heavy (non-hydrogen) atoms. The van der Waals surface area contributed by atoms with E-state index >= 15 is 0 Å². The van der Waals surface area contributed by atoms with Crippen LogP contribution in [0.25, 0.3) is 0 Å². The molecule has 5 heteroatoms. The molecule has 0 radical (unpaired) electrons. The van der Waals surface area contributed by atoms with Crippen molar-refractivity contribution in [3.63, 3.8) is 0 Å². The Kier molecular flexibility index (Phi) is 2.46. The lowest BCUT2D eigenvalue weighted by molar-refractivity contribution is 0.0572. The van der Waals surface area contributed by atoms with Crippen molar-refractivity contribution >= 4 is 0 Å². The van der Waals surface area contributed by atoms with Crippen LogP contribution in [0.5, 0.6) is 0 Å². The molecule has 0 unspecified atom stereocenters. The number of likely N-dealkylation sites (tertiary alicyclic amines) is 1. The molecule has 1 aliphatic carbocycles. The molecule has 1 aliphatic heterocycles. The highest BCUT2D eigenvalue weighted by Gasteiger charge is 2.31. The molecule has 1 saturated heterocycles. The molecule has 2 atom stereocenters. The van der Waals surface area contributed by atoms with Crippen LogP contribution in [-0.2, 0) is 6.54 Å². The summed E-state index contributed by atoms with van der Waals surface area (Å²) in [6.45, 7) is 1.87. The number of rotatable bonds is 3. The minimum atomic E-state index is -0.600. The predicted octanol–water partition coefficient (Wildman–Crippen LogP) is -0.245. The van der Waals surface area contributed by atoms with Gasteiger partial charge in [0.25, 0.3) is 0 Å². The first-order chi connectivity index (χ1) is 7.74. The van der Waals surface area contributed by atoms with Gasteiger partial charge in [0.05, 0.1) is 24.2 Å². The molecule has 0 spiro atoms. The fourth-order valence-electron chi connectivity index (χ4n) is 2.34. The second-order valence-corrected chi connectivity index (χ2v) is 4.85. The van der Waals surface area contributed by atoms with Gasteiger partial charge in [-0.1, -0.05) is 0 Å². The van der Waals surface area contributed by atoms with E-state index in [1.165, 1.54) is 18.5 Å². The van der Waals surface area contributed by atoms with Crippen LogP contribution in [-0.4, -0.2) is 50.0 Å². The maximum absolute atomic E-state index is 9.47. The Bertz CT molecular complexity index is 365. The third kappa shape index (κ3) is 1.86. The van der Waals surface area contributed by atoms with Crippen LogP contribution in [0.1, 0.15) is 24.6 Å². The average Bonchev–Trinajstić information content (AvgIpc) is 2.91. The number of imidazole rings is 1. The molecule has 1 aromatic rings. The molecular formula is C11H17N3O2. The Hall–Kier alpha value is -0.910. The second-order valence-electron chi connectivity index (χ2n) is 4.85. The van der Waals surface area contributed by atoms with Gasteiger partial charge in [-0.2, -0.15) is 0 Å². The fraction of sp³-hybridized carbons (Fsp3) is 0.727. The summed E-state index contributed by atoms with van der Waals surface area (Å²) in [6, 6.07) is 0.634. The normalized spacial score (nSPS) is 31.1. The maximum Gasteiger partial charge on any atom is 0.0951 e. The molecule has 2 aliphatic rings. The van der Waals surface area contributed by atoms with Gasteiger partial charge in [0.15, 0.2) is 0 Å². The summed E-state index contributed by atoms with van der Waals surface area (Å²) in [6.07, 6.45) is 5.06. The molecule has 0 bridgehead atoms. The highest BCUT2D eigenvalue weighted by molar-refractivity contribution is 5.04. The van der Waals surface area contributed by atoms with Crippen molar-refractivity contribution in [1.29, 1.82) is 0 Å². The predicted molar refractivity (Wildman–Crippen MR) is 57.8 cm³/mol. The average molecular weight is 223 g/mol. The number of aliphatic hydroxyl groups excluding tert-OH is 2. The molecular weight excluding hydrogens is 206 g/mol. The van der Waals surface area contributed by atoms with Gasteiger partial charge in [0, 0.05) is 31.9 Å². The van der Waals surface area contributed by atoms with Gasteiger partial charge in [0.1, 0.15) is 0 Å². The van der Waals surface area contributed by atoms with Gasteiger partial charge in [-0.25, -0.2) is 4.98 Å². The summed E-state index contributed by atoms with van der Waals surface area (Å²) >= 11 is 0. The molecule has 3 rings (SSSR count). The Morgan fingerprint density at radius 2 is 1.94 bits per heavy atom. The summed E-state index contributed by atoms with van der Waals surface area (Å²) in [7, 11) is 0. The zero-order valence-corrected chi connectivity index (χ0v) is 9.16. The molecule has 0 aromatic carbocycles. The summed E-state index contributed by atoms with van der Waals surface area (Å²) in [5, 5.41) is 18.9. The van der Waals surface area contributed by atoms with Crippen LogP contribution in [0.2, 0.25) is 0 Å². The van der Waals surface area contributed by atoms with Crippen LogP contribution in [0, 0.1) is 0 Å². The standard InChI is InChI=1S/C11H17N3O2/c15-10-5-13(6-11(10)16)4-9-3-12-7-14(9)8-1-2-8/h3,7-8,10-11,15-16H,1-2,4-6H2/t10-,11+. The van der Waals surface area contributed by atoms with E-state index in [1.807, 2.05) is 12.5 Å². The van der Waals surface area contributed by atoms with Crippen LogP contribution in [0.15, 0.2) is 12.5 Å². The Morgan fingerprint density at radius 1 is 1.25 bits per heavy atom. The van der Waals surface area contributed by atoms with Gasteiger partial charge in [-0.3, -0.25) is 4.90 Å². The van der Waals surface area contributed by atoms with Crippen molar-refractivity contribution in [2.24, 2.45) is 0 Å². The first-order valence-corrected chi connectivity index (χ1v) is 5.83. The molecule has 2 N–H and O–H groups in total. The number of hydrogen-bond donors (Lipinski definition) is 2. The smallest absolute Gasteiger partial charge is 0.0951 e. The number of hydrogen-bond acceptors (Lipinski definition) is 4. The summed E-state index contributed by atoms with van der Waals surface area (Å²) in [5.74, 6) is 0. The van der Waals surface area contributed by atoms with Crippen molar-refractivity contribution in [2.75, 3.05) is 13.1 Å². The van der Waals surface area contributed by atoms with E-state index in [0.717, 1.165) is 6.54 Å². The molecule has 2 heterocycles. The van der Waals surface area contributed by atoms with Crippen molar-refractivity contribution in [2.45, 2.75) is 37.6 Å². The van der Waals surface area contributed by atoms with E-state index in [4.69, 9.17) is 0 Å². The maximum atomic E-state index is 9.47. The molecule has 1 aromatic heterocycles.